The Balaban J connectivity index is 2.21. The molecule has 0 unspecified atom stereocenters. The quantitative estimate of drug-likeness (QED) is 0.863. The second kappa shape index (κ2) is 6.89. The summed E-state index contributed by atoms with van der Waals surface area (Å²) < 4.78 is 5.83. The first-order valence-corrected chi connectivity index (χ1v) is 7.07. The molecule has 0 fully saturated rings. The van der Waals surface area contributed by atoms with Crippen molar-refractivity contribution in [3.05, 3.63) is 41.7 Å². The molecule has 2 rings (SSSR count). The smallest absolute Gasteiger partial charge is 0.224 e. The molecular formula is C16H21N3O. The van der Waals surface area contributed by atoms with Gasteiger partial charge in [-0.15, -0.1) is 0 Å². The molecule has 2 aromatic rings. The summed E-state index contributed by atoms with van der Waals surface area (Å²) in [4.78, 5) is 8.86. The summed E-state index contributed by atoms with van der Waals surface area (Å²) in [6.07, 6.45) is 1.84. The first-order valence-electron chi connectivity index (χ1n) is 7.07. The van der Waals surface area contributed by atoms with Crippen molar-refractivity contribution in [2.45, 2.75) is 33.6 Å². The normalized spacial score (nSPS) is 10.3. The fraction of sp³-hybridized carbons (Fsp3) is 0.375. The van der Waals surface area contributed by atoms with E-state index in [0.29, 0.717) is 5.88 Å². The van der Waals surface area contributed by atoms with Gasteiger partial charge in [0.2, 0.25) is 5.88 Å². The van der Waals surface area contributed by atoms with E-state index in [0.717, 1.165) is 42.3 Å². The van der Waals surface area contributed by atoms with E-state index in [-0.39, 0.29) is 0 Å². The Labute approximate surface area is 120 Å². The predicted octanol–water partition coefficient (Wildman–Crippen LogP) is 3.96. The Hall–Kier alpha value is -2.10. The van der Waals surface area contributed by atoms with E-state index < -0.39 is 0 Å². The minimum atomic E-state index is 0.584. The van der Waals surface area contributed by atoms with Crippen molar-refractivity contribution in [3.63, 3.8) is 0 Å². The van der Waals surface area contributed by atoms with Crippen LogP contribution in [0.15, 0.2) is 30.3 Å². The largest absolute Gasteiger partial charge is 0.439 e. The van der Waals surface area contributed by atoms with Gasteiger partial charge < -0.3 is 10.1 Å². The van der Waals surface area contributed by atoms with Crippen LogP contribution in [0.4, 0.5) is 5.82 Å². The summed E-state index contributed by atoms with van der Waals surface area (Å²) in [5, 5.41) is 3.28. The number of ether oxygens (including phenoxy) is 1. The third kappa shape index (κ3) is 3.95. The van der Waals surface area contributed by atoms with Crippen LogP contribution in [0.5, 0.6) is 11.6 Å². The number of hydrogen-bond donors (Lipinski definition) is 1. The molecule has 0 saturated heterocycles. The maximum Gasteiger partial charge on any atom is 0.224 e. The van der Waals surface area contributed by atoms with Crippen LogP contribution in [0.2, 0.25) is 0 Å². The van der Waals surface area contributed by atoms with E-state index in [1.165, 1.54) is 0 Å². The molecule has 4 heteroatoms. The van der Waals surface area contributed by atoms with Gasteiger partial charge in [-0.3, -0.25) is 0 Å². The number of anilines is 1. The number of benzene rings is 1. The van der Waals surface area contributed by atoms with Crippen molar-refractivity contribution < 1.29 is 4.74 Å². The lowest BCUT2D eigenvalue weighted by Gasteiger charge is -2.10. The van der Waals surface area contributed by atoms with E-state index in [2.05, 4.69) is 22.2 Å². The van der Waals surface area contributed by atoms with Crippen LogP contribution in [0.25, 0.3) is 0 Å². The molecule has 20 heavy (non-hydrogen) atoms. The lowest BCUT2D eigenvalue weighted by Crippen LogP contribution is -2.05. The fourth-order valence-electron chi connectivity index (χ4n) is 1.83. The van der Waals surface area contributed by atoms with Crippen LogP contribution in [-0.2, 0) is 6.42 Å². The van der Waals surface area contributed by atoms with Crippen LogP contribution < -0.4 is 10.1 Å². The predicted molar refractivity (Wildman–Crippen MR) is 81.4 cm³/mol. The molecule has 106 valence electrons. The Bertz CT molecular complexity index is 569. The van der Waals surface area contributed by atoms with Gasteiger partial charge in [0.25, 0.3) is 0 Å². The number of rotatable bonds is 6. The lowest BCUT2D eigenvalue weighted by atomic mass is 10.2. The van der Waals surface area contributed by atoms with Crippen molar-refractivity contribution in [1.82, 2.24) is 9.97 Å². The molecule has 0 aliphatic carbocycles. The lowest BCUT2D eigenvalue weighted by molar-refractivity contribution is 0.459. The minimum absolute atomic E-state index is 0.584. The third-order valence-electron chi connectivity index (χ3n) is 2.83. The number of hydrogen-bond acceptors (Lipinski definition) is 4. The molecule has 1 aromatic carbocycles. The van der Waals surface area contributed by atoms with E-state index in [4.69, 9.17) is 4.74 Å². The van der Waals surface area contributed by atoms with Crippen molar-refractivity contribution in [2.75, 3.05) is 11.9 Å². The van der Waals surface area contributed by atoms with Gasteiger partial charge in [-0.1, -0.05) is 26.0 Å². The Morgan fingerprint density at radius 1 is 1.15 bits per heavy atom. The molecule has 0 spiro atoms. The van der Waals surface area contributed by atoms with Gasteiger partial charge in [0, 0.05) is 19.0 Å². The molecule has 4 nitrogen and oxygen atoms in total. The van der Waals surface area contributed by atoms with E-state index in [9.17, 15) is 0 Å². The number of nitrogens with one attached hydrogen (secondary N) is 1. The third-order valence-corrected chi connectivity index (χ3v) is 2.83. The average molecular weight is 271 g/mol. The second-order valence-electron chi connectivity index (χ2n) is 4.71. The van der Waals surface area contributed by atoms with Crippen LogP contribution in [0.1, 0.15) is 31.7 Å². The summed E-state index contributed by atoms with van der Waals surface area (Å²) >= 11 is 0. The van der Waals surface area contributed by atoms with Crippen LogP contribution >= 0.6 is 0 Å². The zero-order chi connectivity index (χ0) is 14.4. The monoisotopic (exact) mass is 271 g/mol. The van der Waals surface area contributed by atoms with Crippen LogP contribution in [0.3, 0.4) is 0 Å². The van der Waals surface area contributed by atoms with E-state index >= 15 is 0 Å². The summed E-state index contributed by atoms with van der Waals surface area (Å²) in [6.45, 7) is 7.09. The fourth-order valence-corrected chi connectivity index (χ4v) is 1.83. The second-order valence-corrected chi connectivity index (χ2v) is 4.71. The molecule has 0 saturated carbocycles. The highest BCUT2D eigenvalue weighted by Gasteiger charge is 2.05. The highest BCUT2D eigenvalue weighted by molar-refractivity contribution is 5.40. The summed E-state index contributed by atoms with van der Waals surface area (Å²) in [5.41, 5.74) is 1.16. The molecule has 0 amide bonds. The van der Waals surface area contributed by atoms with Crippen LogP contribution in [-0.4, -0.2) is 16.5 Å². The Morgan fingerprint density at radius 3 is 2.70 bits per heavy atom. The summed E-state index contributed by atoms with van der Waals surface area (Å²) in [7, 11) is 0. The number of nitrogens with zero attached hydrogens (tertiary/aromatic N) is 2. The number of aryl methyl sites for hydroxylation is 2. The van der Waals surface area contributed by atoms with Gasteiger partial charge in [0.05, 0.1) is 0 Å². The minimum Gasteiger partial charge on any atom is -0.439 e. The van der Waals surface area contributed by atoms with Gasteiger partial charge in [0.1, 0.15) is 17.4 Å². The van der Waals surface area contributed by atoms with Gasteiger partial charge in [-0.05, 0) is 31.0 Å². The molecular weight excluding hydrogens is 250 g/mol. The van der Waals surface area contributed by atoms with Crippen LogP contribution in [0, 0.1) is 6.92 Å². The van der Waals surface area contributed by atoms with E-state index in [1.807, 2.05) is 44.2 Å². The highest BCUT2D eigenvalue weighted by Crippen LogP contribution is 2.22. The molecule has 0 bridgehead atoms. The molecule has 0 radical (unpaired) electrons. The summed E-state index contributed by atoms with van der Waals surface area (Å²) in [6, 6.07) is 9.78. The topological polar surface area (TPSA) is 47.0 Å². The molecule has 0 atom stereocenters. The van der Waals surface area contributed by atoms with Crippen molar-refractivity contribution in [1.29, 1.82) is 0 Å². The molecule has 0 aliphatic heterocycles. The maximum atomic E-state index is 5.83. The first-order chi connectivity index (χ1) is 9.71. The van der Waals surface area contributed by atoms with Gasteiger partial charge in [0.15, 0.2) is 0 Å². The standard InChI is InChI=1S/C16H21N3O/c1-4-9-17-15-11-16(19-14(5-2)18-15)20-13-8-6-7-12(3)10-13/h6-8,10-11H,4-5,9H2,1-3H3,(H,17,18,19). The SMILES string of the molecule is CCCNc1cc(Oc2cccc(C)c2)nc(CC)n1. The average Bonchev–Trinajstić information content (AvgIpc) is 2.45. The zero-order valence-corrected chi connectivity index (χ0v) is 12.3. The van der Waals surface area contributed by atoms with Crippen molar-refractivity contribution in [3.8, 4) is 11.6 Å². The molecule has 1 N–H and O–H groups in total. The van der Waals surface area contributed by atoms with Gasteiger partial charge in [-0.25, -0.2) is 4.98 Å². The zero-order valence-electron chi connectivity index (χ0n) is 12.3. The molecule has 0 aliphatic rings. The maximum absolute atomic E-state index is 5.83. The summed E-state index contributed by atoms with van der Waals surface area (Å²) in [5.74, 6) is 2.99. The Kier molecular flexibility index (Phi) is 4.93. The van der Waals surface area contributed by atoms with Crippen molar-refractivity contribution >= 4 is 5.82 Å². The van der Waals surface area contributed by atoms with Gasteiger partial charge in [-0.2, -0.15) is 4.98 Å². The van der Waals surface area contributed by atoms with Crippen molar-refractivity contribution in [2.24, 2.45) is 0 Å². The molecule has 1 heterocycles. The van der Waals surface area contributed by atoms with Gasteiger partial charge >= 0.3 is 0 Å². The molecule has 1 aromatic heterocycles. The Morgan fingerprint density at radius 2 is 2.00 bits per heavy atom. The van der Waals surface area contributed by atoms with E-state index in [1.54, 1.807) is 0 Å². The number of aromatic nitrogens is 2. The highest BCUT2D eigenvalue weighted by atomic mass is 16.5. The first kappa shape index (κ1) is 14.3.